The Morgan fingerprint density at radius 3 is 2.12 bits per heavy atom. The number of carboxylic acid groups (broad SMARTS) is 1. The summed E-state index contributed by atoms with van der Waals surface area (Å²) in [6, 6.07) is 18.3. The highest BCUT2D eigenvalue weighted by molar-refractivity contribution is 5.89. The number of hydrogen-bond acceptors (Lipinski definition) is 3. The van der Waals surface area contributed by atoms with E-state index in [0.717, 1.165) is 23.3 Å². The Balaban J connectivity index is 1.84. The molecule has 0 fully saturated rings. The van der Waals surface area contributed by atoms with Gasteiger partial charge in [-0.1, -0.05) is 54.6 Å². The number of fused-ring (bicyclic) bond motifs is 1. The summed E-state index contributed by atoms with van der Waals surface area (Å²) in [4.78, 5) is 23.2. The fourth-order valence-corrected chi connectivity index (χ4v) is 4.32. The van der Waals surface area contributed by atoms with Gasteiger partial charge in [-0.05, 0) is 40.5 Å². The number of carbonyl (C=O) groups is 2. The second kappa shape index (κ2) is 8.47. The number of carboxylic acids is 1. The molecule has 1 aliphatic rings. The summed E-state index contributed by atoms with van der Waals surface area (Å²) < 4.78 is 39.1. The summed E-state index contributed by atoms with van der Waals surface area (Å²) in [5.41, 5.74) is 4.85. The number of aromatic carboxylic acids is 1. The topological polar surface area (TPSA) is 69.6 Å². The lowest BCUT2D eigenvalue weighted by Gasteiger charge is -2.41. The number of halogens is 3. The highest BCUT2D eigenvalue weighted by Crippen LogP contribution is 2.42. The summed E-state index contributed by atoms with van der Waals surface area (Å²) in [5, 5.41) is 11.3. The first kappa shape index (κ1) is 21.6. The maximum Gasteiger partial charge on any atom is 0.416 e. The van der Waals surface area contributed by atoms with E-state index in [1.165, 1.54) is 18.2 Å². The predicted molar refractivity (Wildman–Crippen MR) is 111 cm³/mol. The number of amides is 1. The van der Waals surface area contributed by atoms with Crippen LogP contribution in [0, 0.1) is 0 Å². The number of alkyl halides is 3. The van der Waals surface area contributed by atoms with Crippen LogP contribution in [0.3, 0.4) is 0 Å². The van der Waals surface area contributed by atoms with Gasteiger partial charge in [-0.2, -0.15) is 13.2 Å². The predicted octanol–water partition coefficient (Wildman–Crippen LogP) is 4.60. The van der Waals surface area contributed by atoms with E-state index >= 15 is 0 Å². The molecular formula is C24H19F3N2O3. The lowest BCUT2D eigenvalue weighted by molar-refractivity contribution is -0.137. The normalized spacial score (nSPS) is 18.6. The van der Waals surface area contributed by atoms with Crippen LogP contribution in [0.4, 0.5) is 13.2 Å². The van der Waals surface area contributed by atoms with E-state index in [1.807, 2.05) is 18.2 Å². The maximum atomic E-state index is 13.0. The van der Waals surface area contributed by atoms with Gasteiger partial charge in [-0.3, -0.25) is 10.2 Å². The first-order valence-electron chi connectivity index (χ1n) is 9.86. The molecule has 164 valence electrons. The van der Waals surface area contributed by atoms with Gasteiger partial charge >= 0.3 is 12.1 Å². The van der Waals surface area contributed by atoms with Crippen molar-refractivity contribution in [2.45, 2.75) is 18.1 Å². The molecule has 1 unspecified atom stereocenters. The maximum absolute atomic E-state index is 13.0. The second-order valence-electron chi connectivity index (χ2n) is 7.50. The van der Waals surface area contributed by atoms with Crippen LogP contribution in [0.1, 0.15) is 50.1 Å². The Kier molecular flexibility index (Phi) is 5.71. The number of nitrogens with zero attached hydrogens (tertiary/aromatic N) is 1. The zero-order valence-electron chi connectivity index (χ0n) is 16.7. The quantitative estimate of drug-likeness (QED) is 0.569. The zero-order chi connectivity index (χ0) is 22.9. The monoisotopic (exact) mass is 440 g/mol. The van der Waals surface area contributed by atoms with Gasteiger partial charge in [0.15, 0.2) is 0 Å². The molecule has 0 saturated heterocycles. The molecule has 5 nitrogen and oxygen atoms in total. The van der Waals surface area contributed by atoms with Gasteiger partial charge in [0.05, 0.1) is 17.2 Å². The van der Waals surface area contributed by atoms with Crippen LogP contribution >= 0.6 is 0 Å². The van der Waals surface area contributed by atoms with Crippen molar-refractivity contribution in [3.05, 3.63) is 106 Å². The van der Waals surface area contributed by atoms with E-state index < -0.39 is 23.8 Å². The minimum Gasteiger partial charge on any atom is -0.478 e. The Hall–Kier alpha value is -3.65. The van der Waals surface area contributed by atoms with E-state index in [-0.39, 0.29) is 18.0 Å². The number of rotatable bonds is 5. The first-order valence-corrected chi connectivity index (χ1v) is 9.86. The van der Waals surface area contributed by atoms with Gasteiger partial charge in [-0.15, -0.1) is 0 Å². The summed E-state index contributed by atoms with van der Waals surface area (Å²) in [6.45, 7) is 0.242. The standard InChI is InChI=1S/C24H19F3N2O3/c25-24(26,27)16-11-9-15(10-12-16)22-19-7-3-1-5-17(19)21(13-29(22)28-14-30)18-6-2-4-8-20(18)23(31)32/h1-12,14,21-22H,13H2,(H,28,30)(H,31,32)/t21?,22-/m1/s1. The van der Waals surface area contributed by atoms with Gasteiger partial charge < -0.3 is 5.11 Å². The summed E-state index contributed by atoms with van der Waals surface area (Å²) in [6.07, 6.45) is -3.94. The number of benzene rings is 3. The number of hydrogen-bond donors (Lipinski definition) is 2. The first-order chi connectivity index (χ1) is 15.3. The van der Waals surface area contributed by atoms with Crippen LogP contribution in [-0.2, 0) is 11.0 Å². The number of hydrazine groups is 1. The van der Waals surface area contributed by atoms with Crippen LogP contribution in [0.2, 0.25) is 0 Å². The molecule has 1 amide bonds. The Labute approximate surface area is 182 Å². The molecule has 0 aromatic heterocycles. The highest BCUT2D eigenvalue weighted by atomic mass is 19.4. The third kappa shape index (κ3) is 3.97. The molecular weight excluding hydrogens is 421 g/mol. The van der Waals surface area contributed by atoms with E-state index in [1.54, 1.807) is 29.3 Å². The smallest absolute Gasteiger partial charge is 0.416 e. The van der Waals surface area contributed by atoms with Crippen molar-refractivity contribution in [2.24, 2.45) is 0 Å². The molecule has 3 aromatic carbocycles. The lowest BCUT2D eigenvalue weighted by atomic mass is 9.79. The fourth-order valence-electron chi connectivity index (χ4n) is 4.32. The SMILES string of the molecule is O=CNN1CC(c2ccccc2C(=O)O)c2ccccc2[C@H]1c1ccc(C(F)(F)F)cc1. The van der Waals surface area contributed by atoms with Crippen molar-refractivity contribution < 1.29 is 27.9 Å². The van der Waals surface area contributed by atoms with Crippen LogP contribution in [0.15, 0.2) is 72.8 Å². The average Bonchev–Trinajstić information content (AvgIpc) is 2.78. The van der Waals surface area contributed by atoms with Crippen molar-refractivity contribution in [3.8, 4) is 0 Å². The summed E-state index contributed by atoms with van der Waals surface area (Å²) >= 11 is 0. The molecule has 1 aliphatic heterocycles. The Bertz CT molecular complexity index is 1150. The highest BCUT2D eigenvalue weighted by Gasteiger charge is 2.37. The molecule has 0 aliphatic carbocycles. The minimum atomic E-state index is -4.45. The van der Waals surface area contributed by atoms with Gasteiger partial charge in [0, 0.05) is 12.5 Å². The molecule has 0 radical (unpaired) electrons. The Morgan fingerprint density at radius 2 is 1.53 bits per heavy atom. The van der Waals surface area contributed by atoms with Crippen molar-refractivity contribution in [2.75, 3.05) is 6.54 Å². The molecule has 0 spiro atoms. The molecule has 2 atom stereocenters. The zero-order valence-corrected chi connectivity index (χ0v) is 16.7. The van der Waals surface area contributed by atoms with E-state index in [0.29, 0.717) is 17.5 Å². The molecule has 8 heteroatoms. The second-order valence-corrected chi connectivity index (χ2v) is 7.50. The van der Waals surface area contributed by atoms with Crippen molar-refractivity contribution >= 4 is 12.4 Å². The van der Waals surface area contributed by atoms with Crippen molar-refractivity contribution in [1.29, 1.82) is 0 Å². The molecule has 2 N–H and O–H groups in total. The van der Waals surface area contributed by atoms with E-state index in [2.05, 4.69) is 5.43 Å². The Morgan fingerprint density at radius 1 is 0.938 bits per heavy atom. The van der Waals surface area contributed by atoms with Crippen molar-refractivity contribution in [1.82, 2.24) is 10.4 Å². The van der Waals surface area contributed by atoms with Gasteiger partial charge in [0.25, 0.3) is 0 Å². The molecule has 0 bridgehead atoms. The molecule has 3 aromatic rings. The fraction of sp³-hybridized carbons (Fsp3) is 0.167. The summed E-state index contributed by atoms with van der Waals surface area (Å²) in [7, 11) is 0. The molecule has 32 heavy (non-hydrogen) atoms. The minimum absolute atomic E-state index is 0.159. The lowest BCUT2D eigenvalue weighted by Crippen LogP contribution is -2.46. The van der Waals surface area contributed by atoms with Crippen LogP contribution in [0.5, 0.6) is 0 Å². The van der Waals surface area contributed by atoms with Gasteiger partial charge in [0.1, 0.15) is 0 Å². The third-order valence-electron chi connectivity index (χ3n) is 5.70. The largest absolute Gasteiger partial charge is 0.478 e. The third-order valence-corrected chi connectivity index (χ3v) is 5.70. The van der Waals surface area contributed by atoms with Crippen molar-refractivity contribution in [3.63, 3.8) is 0 Å². The number of carbonyl (C=O) groups excluding carboxylic acids is 1. The van der Waals surface area contributed by atoms with E-state index in [4.69, 9.17) is 0 Å². The van der Waals surface area contributed by atoms with Gasteiger partial charge in [-0.25, -0.2) is 9.80 Å². The average molecular weight is 440 g/mol. The number of nitrogens with one attached hydrogen (secondary N) is 1. The molecule has 4 rings (SSSR count). The molecule has 1 heterocycles. The van der Waals surface area contributed by atoms with Crippen LogP contribution in [-0.4, -0.2) is 29.0 Å². The van der Waals surface area contributed by atoms with E-state index in [9.17, 15) is 27.9 Å². The van der Waals surface area contributed by atoms with Crippen LogP contribution in [0.25, 0.3) is 0 Å². The van der Waals surface area contributed by atoms with Gasteiger partial charge in [0.2, 0.25) is 6.41 Å². The van der Waals surface area contributed by atoms with Crippen LogP contribution < -0.4 is 5.43 Å². The summed E-state index contributed by atoms with van der Waals surface area (Å²) in [5.74, 6) is -1.42. The molecule has 0 saturated carbocycles.